The van der Waals surface area contributed by atoms with E-state index in [4.69, 9.17) is 5.73 Å². The summed E-state index contributed by atoms with van der Waals surface area (Å²) in [6, 6.07) is 0. The Hall–Kier alpha value is -1.10. The van der Waals surface area contributed by atoms with Gasteiger partial charge in [0.25, 0.3) is 0 Å². The first-order chi connectivity index (χ1) is 9.98. The number of hydrogen-bond acceptors (Lipinski definition) is 3. The minimum atomic E-state index is -0.390. The van der Waals surface area contributed by atoms with Gasteiger partial charge in [-0.05, 0) is 24.8 Å². The third-order valence-corrected chi connectivity index (χ3v) is 4.29. The van der Waals surface area contributed by atoms with Crippen molar-refractivity contribution in [2.75, 3.05) is 33.2 Å². The molecular weight excluding hydrogens is 278 g/mol. The molecule has 0 saturated carbocycles. The highest BCUT2D eigenvalue weighted by Crippen LogP contribution is 2.25. The summed E-state index contributed by atoms with van der Waals surface area (Å²) in [5.41, 5.74) is 5.28. The number of piperidine rings is 1. The van der Waals surface area contributed by atoms with Crippen LogP contribution in [0.4, 0.5) is 0 Å². The van der Waals surface area contributed by atoms with E-state index in [0.717, 1.165) is 19.4 Å². The van der Waals surface area contributed by atoms with E-state index in [9.17, 15) is 9.59 Å². The number of nitrogens with two attached hydrogens (primary N) is 1. The van der Waals surface area contributed by atoms with Crippen LogP contribution < -0.4 is 5.73 Å². The van der Waals surface area contributed by atoms with Gasteiger partial charge in [0, 0.05) is 32.1 Å². The van der Waals surface area contributed by atoms with Crippen molar-refractivity contribution >= 4 is 11.8 Å². The maximum atomic E-state index is 12.7. The van der Waals surface area contributed by atoms with Crippen LogP contribution in [0.25, 0.3) is 0 Å². The molecule has 22 heavy (non-hydrogen) atoms. The summed E-state index contributed by atoms with van der Waals surface area (Å²) in [5.74, 6) is 0.182. The standard InChI is InChI=1S/C17H33N3O2/c1-16(2,3)15(22)20-9-7-8-13(10-20)14(21)19(6)12-17(4,5)11-18/h13H,7-12,18H2,1-6H3. The quantitative estimate of drug-likeness (QED) is 0.859. The van der Waals surface area contributed by atoms with Gasteiger partial charge in [0.15, 0.2) is 0 Å². The van der Waals surface area contributed by atoms with Crippen LogP contribution in [-0.2, 0) is 9.59 Å². The number of rotatable bonds is 4. The van der Waals surface area contributed by atoms with Crippen LogP contribution in [0, 0.1) is 16.7 Å². The van der Waals surface area contributed by atoms with E-state index in [-0.39, 0.29) is 23.1 Å². The molecule has 5 heteroatoms. The van der Waals surface area contributed by atoms with Gasteiger partial charge in [-0.25, -0.2) is 0 Å². The molecule has 1 heterocycles. The molecule has 1 aliphatic heterocycles. The van der Waals surface area contributed by atoms with Crippen LogP contribution in [0.15, 0.2) is 0 Å². The summed E-state index contributed by atoms with van der Waals surface area (Å²) in [4.78, 5) is 28.7. The van der Waals surface area contributed by atoms with Crippen LogP contribution in [0.3, 0.4) is 0 Å². The number of carbonyl (C=O) groups is 2. The second-order valence-electron chi connectivity index (χ2n) is 8.40. The van der Waals surface area contributed by atoms with Gasteiger partial charge in [0.05, 0.1) is 5.92 Å². The molecule has 5 nitrogen and oxygen atoms in total. The summed E-state index contributed by atoms with van der Waals surface area (Å²) in [6.07, 6.45) is 1.76. The SMILES string of the molecule is CN(CC(C)(C)CN)C(=O)C1CCCN(C(=O)C(C)(C)C)C1. The molecule has 1 unspecified atom stereocenters. The van der Waals surface area contributed by atoms with Crippen molar-refractivity contribution < 1.29 is 9.59 Å². The van der Waals surface area contributed by atoms with Crippen molar-refractivity contribution in [1.29, 1.82) is 0 Å². The second kappa shape index (κ2) is 6.99. The summed E-state index contributed by atoms with van der Waals surface area (Å²) in [5, 5.41) is 0. The Kier molecular flexibility index (Phi) is 6.02. The lowest BCUT2D eigenvalue weighted by Gasteiger charge is -2.38. The first kappa shape index (κ1) is 18.9. The largest absolute Gasteiger partial charge is 0.345 e. The number of likely N-dealkylation sites (tertiary alicyclic amines) is 1. The van der Waals surface area contributed by atoms with Gasteiger partial charge in [0.1, 0.15) is 0 Å². The highest BCUT2D eigenvalue weighted by atomic mass is 16.2. The molecule has 0 aromatic heterocycles. The van der Waals surface area contributed by atoms with E-state index in [2.05, 4.69) is 13.8 Å². The van der Waals surface area contributed by atoms with Crippen molar-refractivity contribution in [3.05, 3.63) is 0 Å². The van der Waals surface area contributed by atoms with Gasteiger partial charge in [-0.15, -0.1) is 0 Å². The maximum absolute atomic E-state index is 12.7. The molecule has 0 aromatic rings. The van der Waals surface area contributed by atoms with Crippen molar-refractivity contribution in [2.45, 2.75) is 47.5 Å². The molecule has 1 saturated heterocycles. The molecule has 128 valence electrons. The molecule has 2 N–H and O–H groups in total. The van der Waals surface area contributed by atoms with Gasteiger partial charge < -0.3 is 15.5 Å². The molecule has 0 aliphatic carbocycles. The first-order valence-electron chi connectivity index (χ1n) is 8.22. The van der Waals surface area contributed by atoms with E-state index in [1.807, 2.05) is 32.7 Å². The zero-order valence-electron chi connectivity index (χ0n) is 15.1. The second-order valence-corrected chi connectivity index (χ2v) is 8.40. The van der Waals surface area contributed by atoms with E-state index in [0.29, 0.717) is 19.6 Å². The Morgan fingerprint density at radius 3 is 2.32 bits per heavy atom. The molecule has 0 bridgehead atoms. The van der Waals surface area contributed by atoms with Gasteiger partial charge in [-0.1, -0.05) is 34.6 Å². The van der Waals surface area contributed by atoms with Crippen molar-refractivity contribution in [3.63, 3.8) is 0 Å². The van der Waals surface area contributed by atoms with E-state index in [1.54, 1.807) is 4.90 Å². The average Bonchev–Trinajstić information content (AvgIpc) is 2.44. The lowest BCUT2D eigenvalue weighted by atomic mass is 9.89. The third-order valence-electron chi connectivity index (χ3n) is 4.29. The van der Waals surface area contributed by atoms with Crippen LogP contribution >= 0.6 is 0 Å². The monoisotopic (exact) mass is 311 g/mol. The normalized spacial score (nSPS) is 20.0. The number of amides is 2. The molecule has 0 spiro atoms. The van der Waals surface area contributed by atoms with Crippen molar-refractivity contribution in [2.24, 2.45) is 22.5 Å². The summed E-state index contributed by atoms with van der Waals surface area (Å²) in [6.45, 7) is 12.4. The van der Waals surface area contributed by atoms with Crippen molar-refractivity contribution in [1.82, 2.24) is 9.80 Å². The fraction of sp³-hybridized carbons (Fsp3) is 0.882. The Morgan fingerprint density at radius 2 is 1.82 bits per heavy atom. The van der Waals surface area contributed by atoms with E-state index >= 15 is 0 Å². The predicted molar refractivity (Wildman–Crippen MR) is 89.2 cm³/mol. The van der Waals surface area contributed by atoms with Crippen LogP contribution in [0.2, 0.25) is 0 Å². The third kappa shape index (κ3) is 4.97. The van der Waals surface area contributed by atoms with Crippen LogP contribution in [-0.4, -0.2) is 54.8 Å². The molecule has 0 radical (unpaired) electrons. The molecule has 1 fully saturated rings. The number of hydrogen-bond donors (Lipinski definition) is 1. The summed E-state index contributed by atoms with van der Waals surface area (Å²) in [7, 11) is 1.84. The maximum Gasteiger partial charge on any atom is 0.227 e. The Labute approximate surface area is 135 Å². The smallest absolute Gasteiger partial charge is 0.227 e. The predicted octanol–water partition coefficient (Wildman–Crippen LogP) is 1.71. The van der Waals surface area contributed by atoms with Crippen LogP contribution in [0.1, 0.15) is 47.5 Å². The summed E-state index contributed by atoms with van der Waals surface area (Å²) >= 11 is 0. The lowest BCUT2D eigenvalue weighted by Crippen LogP contribution is -2.50. The van der Waals surface area contributed by atoms with E-state index in [1.165, 1.54) is 0 Å². The highest BCUT2D eigenvalue weighted by molar-refractivity contribution is 5.83. The fourth-order valence-electron chi connectivity index (χ4n) is 2.93. The zero-order valence-corrected chi connectivity index (χ0v) is 15.1. The molecular formula is C17H33N3O2. The highest BCUT2D eigenvalue weighted by Gasteiger charge is 2.35. The average molecular weight is 311 g/mol. The number of carbonyl (C=O) groups excluding carboxylic acids is 2. The fourth-order valence-corrected chi connectivity index (χ4v) is 2.93. The lowest BCUT2D eigenvalue weighted by molar-refractivity contribution is -0.145. The minimum absolute atomic E-state index is 0.0833. The molecule has 2 amide bonds. The molecule has 1 rings (SSSR count). The van der Waals surface area contributed by atoms with Gasteiger partial charge in [0.2, 0.25) is 11.8 Å². The molecule has 1 atom stereocenters. The molecule has 1 aliphatic rings. The topological polar surface area (TPSA) is 66.6 Å². The van der Waals surface area contributed by atoms with Crippen LogP contribution in [0.5, 0.6) is 0 Å². The Balaban J connectivity index is 2.68. The van der Waals surface area contributed by atoms with Gasteiger partial charge in [-0.2, -0.15) is 0 Å². The molecule has 0 aromatic carbocycles. The number of nitrogens with zero attached hydrogens (tertiary/aromatic N) is 2. The zero-order chi connectivity index (χ0) is 17.1. The Morgan fingerprint density at radius 1 is 1.23 bits per heavy atom. The summed E-state index contributed by atoms with van der Waals surface area (Å²) < 4.78 is 0. The van der Waals surface area contributed by atoms with Gasteiger partial charge >= 0.3 is 0 Å². The van der Waals surface area contributed by atoms with Crippen molar-refractivity contribution in [3.8, 4) is 0 Å². The van der Waals surface area contributed by atoms with Gasteiger partial charge in [-0.3, -0.25) is 9.59 Å². The van der Waals surface area contributed by atoms with E-state index < -0.39 is 5.41 Å². The Bertz CT molecular complexity index is 413. The minimum Gasteiger partial charge on any atom is -0.345 e. The first-order valence-corrected chi connectivity index (χ1v) is 8.22.